The third-order valence-electron chi connectivity index (χ3n) is 5.67. The number of aliphatic hydroxyl groups excluding tert-OH is 1. The van der Waals surface area contributed by atoms with Crippen LogP contribution in [0.2, 0.25) is 0 Å². The Labute approximate surface area is 283 Å². The van der Waals surface area contributed by atoms with Gasteiger partial charge in [-0.2, -0.15) is 4.98 Å². The molecule has 14 heteroatoms. The number of carbonyl (C=O) groups is 2. The van der Waals surface area contributed by atoms with Gasteiger partial charge in [0, 0.05) is 42.6 Å². The quantitative estimate of drug-likeness (QED) is 0.0520. The molecule has 0 saturated carbocycles. The fourth-order valence-corrected chi connectivity index (χ4v) is 4.22. The number of aliphatic hydroxyl groups is 1. The Morgan fingerprint density at radius 1 is 1.07 bits per heavy atom. The van der Waals surface area contributed by atoms with Gasteiger partial charge in [-0.3, -0.25) is 9.52 Å². The number of carboxylic acid groups (broad SMARTS) is 1. The zero-order valence-corrected chi connectivity index (χ0v) is 29.2. The molecule has 46 heavy (non-hydrogen) atoms. The molecule has 0 aliphatic rings. The average molecular weight is 723 g/mol. The number of likely N-dealkylation sites (N-methyl/N-ethyl adjacent to an activating group) is 1. The molecule has 3 rings (SSSR count). The summed E-state index contributed by atoms with van der Waals surface area (Å²) in [7, 11) is 1.76. The molecule has 1 heterocycles. The lowest BCUT2D eigenvalue weighted by Gasteiger charge is -2.13. The Bertz CT molecular complexity index is 1380. The van der Waals surface area contributed by atoms with E-state index in [1.165, 1.54) is 12.1 Å². The van der Waals surface area contributed by atoms with E-state index in [9.17, 15) is 14.0 Å². The Balaban J connectivity index is 0.000000630. The Morgan fingerprint density at radius 3 is 2.28 bits per heavy atom. The van der Waals surface area contributed by atoms with Gasteiger partial charge in [0.15, 0.2) is 0 Å². The first-order valence-electron chi connectivity index (χ1n) is 14.7. The van der Waals surface area contributed by atoms with E-state index in [0.29, 0.717) is 41.2 Å². The number of hydrogen-bond donors (Lipinski definition) is 7. The molecular weight excluding hydrogens is 677 g/mol. The molecule has 252 valence electrons. The lowest BCUT2D eigenvalue weighted by Crippen LogP contribution is -2.16. The fraction of sp³-hybridized carbons (Fsp3) is 0.375. The number of anilines is 4. The first-order chi connectivity index (χ1) is 21.9. The van der Waals surface area contributed by atoms with Gasteiger partial charge in [0.1, 0.15) is 11.6 Å². The van der Waals surface area contributed by atoms with Crippen LogP contribution < -0.4 is 26.4 Å². The molecule has 11 nitrogen and oxygen atoms in total. The van der Waals surface area contributed by atoms with Gasteiger partial charge in [0.25, 0.3) is 5.91 Å². The number of aromatic nitrogens is 2. The molecule has 8 N–H and O–H groups in total. The number of halogens is 2. The van der Waals surface area contributed by atoms with Crippen LogP contribution in [-0.2, 0) is 4.79 Å². The molecule has 0 aliphatic heterocycles. The SMILES string of the molecule is CC(C)CCNSc1ccc(Nc2ncc(Br)c(Nc3cccc(F)c3C(N)=O)n2)cc1.CC(C)CCO.CNC/C=C/C(=O)O. The van der Waals surface area contributed by atoms with Crippen molar-refractivity contribution in [3.05, 3.63) is 76.7 Å². The zero-order valence-electron chi connectivity index (χ0n) is 26.8. The lowest BCUT2D eigenvalue weighted by atomic mass is 10.1. The second-order valence-electron chi connectivity index (χ2n) is 10.6. The van der Waals surface area contributed by atoms with Gasteiger partial charge >= 0.3 is 5.97 Å². The van der Waals surface area contributed by atoms with Crippen molar-refractivity contribution in [2.75, 3.05) is 37.4 Å². The summed E-state index contributed by atoms with van der Waals surface area (Å²) in [4.78, 5) is 31.2. The van der Waals surface area contributed by atoms with Crippen molar-refractivity contribution >= 4 is 62.9 Å². The summed E-state index contributed by atoms with van der Waals surface area (Å²) in [5, 5.41) is 25.1. The van der Waals surface area contributed by atoms with Gasteiger partial charge in [0.2, 0.25) is 5.95 Å². The molecule has 0 spiro atoms. The molecular formula is C32H45BrFN7O4S. The molecule has 2 aromatic carbocycles. The fourth-order valence-electron chi connectivity index (χ4n) is 3.27. The summed E-state index contributed by atoms with van der Waals surface area (Å²) < 4.78 is 17.9. The predicted octanol–water partition coefficient (Wildman–Crippen LogP) is 6.48. The lowest BCUT2D eigenvalue weighted by molar-refractivity contribution is -0.131. The van der Waals surface area contributed by atoms with Gasteiger partial charge in [-0.25, -0.2) is 14.2 Å². The van der Waals surface area contributed by atoms with Crippen LogP contribution in [0.3, 0.4) is 0 Å². The van der Waals surface area contributed by atoms with Crippen molar-refractivity contribution < 1.29 is 24.2 Å². The highest BCUT2D eigenvalue weighted by Gasteiger charge is 2.16. The molecule has 0 aliphatic carbocycles. The number of nitrogens with two attached hydrogens (primary N) is 1. The van der Waals surface area contributed by atoms with Crippen LogP contribution in [0.15, 0.2) is 70.2 Å². The summed E-state index contributed by atoms with van der Waals surface area (Å²) in [6.45, 7) is 10.5. The van der Waals surface area contributed by atoms with Gasteiger partial charge in [-0.05, 0) is 96.0 Å². The monoisotopic (exact) mass is 721 g/mol. The topological polar surface area (TPSA) is 175 Å². The largest absolute Gasteiger partial charge is 0.478 e. The number of aliphatic carboxylic acids is 1. The highest BCUT2D eigenvalue weighted by Crippen LogP contribution is 2.28. The highest BCUT2D eigenvalue weighted by atomic mass is 79.9. The standard InChI is InChI=1S/C22H24BrFN6OS.C5H9NO2.C5H12O/c1-13(2)10-11-27-32-15-8-6-14(7-9-15)28-22-26-12-16(23)21(30-22)29-18-5-3-4-17(24)19(18)20(25)31;1-6-4-2-3-5(7)8;1-5(2)3-4-6/h3-9,12-13,27H,10-11H2,1-2H3,(H2,25,31)(H2,26,28,29,30);2-3,6H,4H2,1H3,(H,7,8);5-6H,3-4H2,1-2H3/b;3-2+;. The average Bonchev–Trinajstić information content (AvgIpc) is 2.98. The van der Waals surface area contributed by atoms with Crippen LogP contribution in [0.1, 0.15) is 50.9 Å². The van der Waals surface area contributed by atoms with Crippen molar-refractivity contribution in [2.45, 2.75) is 45.4 Å². The molecule has 0 saturated heterocycles. The van der Waals surface area contributed by atoms with Gasteiger partial charge in [0.05, 0.1) is 15.7 Å². The molecule has 1 aromatic heterocycles. The minimum absolute atomic E-state index is 0.217. The molecule has 0 atom stereocenters. The molecule has 0 fully saturated rings. The number of primary amides is 1. The zero-order chi connectivity index (χ0) is 34.5. The maximum Gasteiger partial charge on any atom is 0.328 e. The van der Waals surface area contributed by atoms with E-state index in [0.717, 1.165) is 36.0 Å². The first-order valence-corrected chi connectivity index (χ1v) is 16.3. The van der Waals surface area contributed by atoms with Crippen LogP contribution in [0.25, 0.3) is 0 Å². The van der Waals surface area contributed by atoms with Crippen LogP contribution in [0.5, 0.6) is 0 Å². The van der Waals surface area contributed by atoms with E-state index in [-0.39, 0.29) is 11.3 Å². The summed E-state index contributed by atoms with van der Waals surface area (Å²) in [5.41, 5.74) is 6.12. The number of nitrogens with one attached hydrogen (secondary N) is 4. The number of nitrogens with zero attached hydrogens (tertiary/aromatic N) is 2. The van der Waals surface area contributed by atoms with Crippen molar-refractivity contribution in [1.82, 2.24) is 20.0 Å². The van der Waals surface area contributed by atoms with Crippen LogP contribution in [0, 0.1) is 17.7 Å². The number of rotatable bonds is 15. The summed E-state index contributed by atoms with van der Waals surface area (Å²) in [6.07, 6.45) is 6.27. The maximum atomic E-state index is 14.0. The number of carboxylic acids is 1. The summed E-state index contributed by atoms with van der Waals surface area (Å²) in [5.74, 6) is -0.465. The second kappa shape index (κ2) is 22.9. The van der Waals surface area contributed by atoms with Crippen molar-refractivity contribution in [3.63, 3.8) is 0 Å². The van der Waals surface area contributed by atoms with E-state index >= 15 is 0 Å². The highest BCUT2D eigenvalue weighted by molar-refractivity contribution is 9.10. The van der Waals surface area contributed by atoms with Gasteiger partial charge in [-0.15, -0.1) is 0 Å². The van der Waals surface area contributed by atoms with Crippen molar-refractivity contribution in [3.8, 4) is 0 Å². The number of benzene rings is 2. The van der Waals surface area contributed by atoms with E-state index in [4.69, 9.17) is 15.9 Å². The molecule has 3 aromatic rings. The number of amides is 1. The number of hydrogen-bond acceptors (Lipinski definition) is 10. The predicted molar refractivity (Wildman–Crippen MR) is 188 cm³/mol. The van der Waals surface area contributed by atoms with Crippen molar-refractivity contribution in [1.29, 1.82) is 0 Å². The number of carbonyl (C=O) groups excluding carboxylic acids is 1. The third kappa shape index (κ3) is 17.2. The van der Waals surface area contributed by atoms with Gasteiger partial charge < -0.3 is 31.9 Å². The van der Waals surface area contributed by atoms with E-state index in [1.54, 1.807) is 37.3 Å². The van der Waals surface area contributed by atoms with E-state index in [1.807, 2.05) is 24.3 Å². The van der Waals surface area contributed by atoms with Gasteiger partial charge in [-0.1, -0.05) is 39.8 Å². The van der Waals surface area contributed by atoms with E-state index in [2.05, 4.69) is 74.3 Å². The Kier molecular flexibility index (Phi) is 20.1. The molecule has 0 radical (unpaired) electrons. The Hall–Kier alpha value is -3.56. The van der Waals surface area contributed by atoms with Crippen molar-refractivity contribution in [2.24, 2.45) is 17.6 Å². The summed E-state index contributed by atoms with van der Waals surface area (Å²) >= 11 is 4.96. The maximum absolute atomic E-state index is 14.0. The third-order valence-corrected chi connectivity index (χ3v) is 7.11. The molecule has 0 unspecified atom stereocenters. The minimum atomic E-state index is -0.903. The molecule has 0 bridgehead atoms. The minimum Gasteiger partial charge on any atom is -0.478 e. The Morgan fingerprint density at radius 2 is 1.74 bits per heavy atom. The molecule has 1 amide bonds. The second-order valence-corrected chi connectivity index (χ2v) is 12.4. The smallest absolute Gasteiger partial charge is 0.328 e. The van der Waals surface area contributed by atoms with E-state index < -0.39 is 17.7 Å². The normalized spacial score (nSPS) is 10.7. The first kappa shape index (κ1) is 40.5. The van der Waals surface area contributed by atoms with Crippen LogP contribution >= 0.6 is 27.9 Å². The van der Waals surface area contributed by atoms with Crippen LogP contribution in [0.4, 0.5) is 27.5 Å². The summed E-state index contributed by atoms with van der Waals surface area (Å²) in [6, 6.07) is 12.1. The van der Waals surface area contributed by atoms with Crippen LogP contribution in [-0.4, -0.2) is 58.8 Å².